The summed E-state index contributed by atoms with van der Waals surface area (Å²) in [5, 5.41) is 18.2. The molecular weight excluding hydrogens is 474 g/mol. The number of nitro groups is 1. The first-order valence-electron chi connectivity index (χ1n) is 11.6. The minimum absolute atomic E-state index is 0.0971. The molecule has 186 valence electrons. The van der Waals surface area contributed by atoms with Gasteiger partial charge < -0.3 is 15.0 Å². The molecule has 2 N–H and O–H groups in total. The molecule has 0 bridgehead atoms. The normalized spacial score (nSPS) is 13.0. The van der Waals surface area contributed by atoms with Gasteiger partial charge in [0.15, 0.2) is 0 Å². The first-order chi connectivity index (χ1) is 18.1. The fraction of sp³-hybridized carbons (Fsp3) is 0.160. The molecule has 1 aliphatic rings. The van der Waals surface area contributed by atoms with E-state index in [0.717, 1.165) is 43.4 Å². The van der Waals surface area contributed by atoms with E-state index in [2.05, 4.69) is 40.7 Å². The summed E-state index contributed by atoms with van der Waals surface area (Å²) in [5.74, 6) is 2.16. The fourth-order valence-electron chi connectivity index (χ4n) is 3.63. The summed E-state index contributed by atoms with van der Waals surface area (Å²) in [6.07, 6.45) is 5.00. The molecule has 12 nitrogen and oxygen atoms in total. The Kier molecular flexibility index (Phi) is 7.07. The molecule has 0 aliphatic carbocycles. The van der Waals surface area contributed by atoms with Gasteiger partial charge >= 0.3 is 0 Å². The maximum atomic E-state index is 10.7. The summed E-state index contributed by atoms with van der Waals surface area (Å²) < 4.78 is 5.63. The van der Waals surface area contributed by atoms with Crippen LogP contribution in [0.5, 0.6) is 11.6 Å². The van der Waals surface area contributed by atoms with Crippen molar-refractivity contribution in [1.82, 2.24) is 19.9 Å². The summed E-state index contributed by atoms with van der Waals surface area (Å²) in [7, 11) is 0. The highest BCUT2D eigenvalue weighted by Gasteiger charge is 2.17. The lowest BCUT2D eigenvalue weighted by Crippen LogP contribution is -2.21. The summed E-state index contributed by atoms with van der Waals surface area (Å²) in [6, 6.07) is 19.6. The van der Waals surface area contributed by atoms with Gasteiger partial charge in [-0.3, -0.25) is 10.1 Å². The van der Waals surface area contributed by atoms with E-state index in [4.69, 9.17) is 4.74 Å². The Labute approximate surface area is 212 Å². The molecule has 12 heteroatoms. The zero-order valence-electron chi connectivity index (χ0n) is 19.7. The van der Waals surface area contributed by atoms with Crippen LogP contribution in [0, 0.1) is 10.1 Å². The zero-order chi connectivity index (χ0) is 25.5. The number of pyridine rings is 1. The van der Waals surface area contributed by atoms with Gasteiger partial charge in [-0.1, -0.05) is 18.2 Å². The molecule has 0 atom stereocenters. The summed E-state index contributed by atoms with van der Waals surface area (Å²) >= 11 is 0. The van der Waals surface area contributed by atoms with Crippen molar-refractivity contribution in [1.29, 1.82) is 0 Å². The van der Waals surface area contributed by atoms with Gasteiger partial charge in [0, 0.05) is 30.9 Å². The van der Waals surface area contributed by atoms with E-state index in [-0.39, 0.29) is 11.6 Å². The van der Waals surface area contributed by atoms with E-state index in [1.807, 2.05) is 42.5 Å². The average molecular weight is 498 g/mol. The number of para-hydroxylation sites is 1. The van der Waals surface area contributed by atoms with Gasteiger partial charge in [0.05, 0.1) is 11.1 Å². The van der Waals surface area contributed by atoms with Crippen molar-refractivity contribution in [2.24, 2.45) is 5.10 Å². The molecule has 37 heavy (non-hydrogen) atoms. The molecule has 1 saturated heterocycles. The quantitative estimate of drug-likeness (QED) is 0.189. The Hall–Kier alpha value is -5.13. The molecule has 0 saturated carbocycles. The van der Waals surface area contributed by atoms with Gasteiger partial charge in [0.1, 0.15) is 11.9 Å². The molecule has 4 aromatic rings. The number of hydrogen-bond acceptors (Lipinski definition) is 11. The summed E-state index contributed by atoms with van der Waals surface area (Å²) in [5.41, 5.74) is 4.49. The molecule has 0 radical (unpaired) electrons. The highest BCUT2D eigenvalue weighted by molar-refractivity contribution is 5.80. The Balaban J connectivity index is 1.25. The number of hydrazone groups is 1. The maximum Gasteiger partial charge on any atom is 0.287 e. The van der Waals surface area contributed by atoms with Crippen molar-refractivity contribution in [3.63, 3.8) is 0 Å². The van der Waals surface area contributed by atoms with Gasteiger partial charge in [-0.25, -0.2) is 10.4 Å². The predicted octanol–water partition coefficient (Wildman–Crippen LogP) is 4.76. The second-order valence-electron chi connectivity index (χ2n) is 8.12. The highest BCUT2D eigenvalue weighted by Crippen LogP contribution is 2.22. The van der Waals surface area contributed by atoms with E-state index in [1.165, 1.54) is 12.1 Å². The predicted molar refractivity (Wildman–Crippen MR) is 140 cm³/mol. The molecule has 0 spiro atoms. The van der Waals surface area contributed by atoms with Crippen LogP contribution in [0.2, 0.25) is 0 Å². The van der Waals surface area contributed by atoms with Crippen LogP contribution in [-0.4, -0.2) is 44.2 Å². The summed E-state index contributed by atoms with van der Waals surface area (Å²) in [4.78, 5) is 29.9. The molecule has 3 heterocycles. The van der Waals surface area contributed by atoms with Crippen LogP contribution in [0.25, 0.3) is 0 Å². The van der Waals surface area contributed by atoms with Crippen molar-refractivity contribution in [2.45, 2.75) is 12.8 Å². The van der Waals surface area contributed by atoms with E-state index in [1.54, 1.807) is 18.3 Å². The number of hydrogen-bond donors (Lipinski definition) is 2. The maximum absolute atomic E-state index is 10.7. The van der Waals surface area contributed by atoms with Crippen molar-refractivity contribution in [3.8, 4) is 11.6 Å². The highest BCUT2D eigenvalue weighted by atomic mass is 16.6. The monoisotopic (exact) mass is 497 g/mol. The number of benzene rings is 2. The first kappa shape index (κ1) is 23.6. The van der Waals surface area contributed by atoms with Crippen LogP contribution in [0.3, 0.4) is 0 Å². The first-order valence-corrected chi connectivity index (χ1v) is 11.6. The fourth-order valence-corrected chi connectivity index (χ4v) is 3.63. The molecule has 1 aliphatic heterocycles. The van der Waals surface area contributed by atoms with E-state index in [9.17, 15) is 10.1 Å². The van der Waals surface area contributed by atoms with Crippen LogP contribution < -0.4 is 20.4 Å². The number of nitrogens with zero attached hydrogens (tertiary/aromatic N) is 7. The summed E-state index contributed by atoms with van der Waals surface area (Å²) in [6.45, 7) is 1.81. The topological polar surface area (TPSA) is 144 Å². The molecule has 0 amide bonds. The lowest BCUT2D eigenvalue weighted by atomic mass is 10.2. The Morgan fingerprint density at radius 2 is 1.70 bits per heavy atom. The van der Waals surface area contributed by atoms with Crippen molar-refractivity contribution in [2.75, 3.05) is 28.7 Å². The zero-order valence-corrected chi connectivity index (χ0v) is 19.7. The van der Waals surface area contributed by atoms with Crippen molar-refractivity contribution >= 4 is 35.4 Å². The van der Waals surface area contributed by atoms with Crippen LogP contribution in [0.15, 0.2) is 78.0 Å². The standard InChI is InChI=1S/C25H23N9O3/c35-34(36)20-10-13-22(26-17-20)37-21-11-8-18(9-12-21)16-27-32-24-29-23(28-19-6-2-1-3-7-19)30-25(31-24)33-14-4-5-15-33/h1-3,6-13,16-17H,4-5,14-15H2,(H2,28,29,30,31,32)/b27-16+. The third kappa shape index (κ3) is 6.31. The van der Waals surface area contributed by atoms with E-state index in [0.29, 0.717) is 23.6 Å². The van der Waals surface area contributed by atoms with Gasteiger partial charge in [0.25, 0.3) is 5.69 Å². The van der Waals surface area contributed by atoms with Gasteiger partial charge in [-0.15, -0.1) is 0 Å². The number of aromatic nitrogens is 4. The molecule has 2 aromatic heterocycles. The average Bonchev–Trinajstić information content (AvgIpc) is 3.46. The Morgan fingerprint density at radius 1 is 0.946 bits per heavy atom. The number of rotatable bonds is 9. The van der Waals surface area contributed by atoms with Crippen LogP contribution in [0.4, 0.5) is 29.2 Å². The molecule has 0 unspecified atom stereocenters. The number of ether oxygens (including phenoxy) is 1. The third-order valence-electron chi connectivity index (χ3n) is 5.45. The largest absolute Gasteiger partial charge is 0.439 e. The minimum Gasteiger partial charge on any atom is -0.439 e. The molecule has 5 rings (SSSR count). The van der Waals surface area contributed by atoms with Crippen LogP contribution in [0.1, 0.15) is 18.4 Å². The van der Waals surface area contributed by atoms with Crippen LogP contribution >= 0.6 is 0 Å². The molecule has 1 fully saturated rings. The SMILES string of the molecule is O=[N+]([O-])c1ccc(Oc2ccc(/C=N/Nc3nc(Nc4ccccc4)nc(N4CCCC4)n3)cc2)nc1. The second-order valence-corrected chi connectivity index (χ2v) is 8.12. The lowest BCUT2D eigenvalue weighted by Gasteiger charge is -2.16. The molecule has 2 aromatic carbocycles. The van der Waals surface area contributed by atoms with Crippen molar-refractivity contribution in [3.05, 3.63) is 88.6 Å². The Morgan fingerprint density at radius 3 is 2.41 bits per heavy atom. The molecular formula is C25H23N9O3. The van der Waals surface area contributed by atoms with E-state index >= 15 is 0 Å². The van der Waals surface area contributed by atoms with E-state index < -0.39 is 4.92 Å². The van der Waals surface area contributed by atoms with Crippen LogP contribution in [-0.2, 0) is 0 Å². The second kappa shape index (κ2) is 11.1. The van der Waals surface area contributed by atoms with Gasteiger partial charge in [-0.2, -0.15) is 20.1 Å². The van der Waals surface area contributed by atoms with Crippen molar-refractivity contribution < 1.29 is 9.66 Å². The van der Waals surface area contributed by atoms with Gasteiger partial charge in [0.2, 0.25) is 23.7 Å². The third-order valence-corrected chi connectivity index (χ3v) is 5.45. The van der Waals surface area contributed by atoms with Gasteiger partial charge in [-0.05, 0) is 54.8 Å². The minimum atomic E-state index is -0.510. The number of nitrogens with one attached hydrogen (secondary N) is 2. The number of anilines is 4. The lowest BCUT2D eigenvalue weighted by molar-refractivity contribution is -0.385. The Bertz CT molecular complexity index is 1380. The smallest absolute Gasteiger partial charge is 0.287 e.